The number of unbranched alkanes of at least 4 members (excludes halogenated alkanes) is 1. The van der Waals surface area contributed by atoms with Gasteiger partial charge in [0.15, 0.2) is 10.8 Å². The van der Waals surface area contributed by atoms with Crippen LogP contribution < -0.4 is 4.74 Å². The number of imidazole rings is 1. The van der Waals surface area contributed by atoms with Gasteiger partial charge in [0.2, 0.25) is 5.82 Å². The molecular weight excluding hydrogens is 620 g/mol. The van der Waals surface area contributed by atoms with Gasteiger partial charge in [-0.1, -0.05) is 106 Å². The summed E-state index contributed by atoms with van der Waals surface area (Å²) in [4.78, 5) is 19.1. The zero-order chi connectivity index (χ0) is 29.8. The molecule has 0 amide bonds. The van der Waals surface area contributed by atoms with Gasteiger partial charge in [0, 0.05) is 23.4 Å². The van der Waals surface area contributed by atoms with Crippen LogP contribution >= 0.6 is 44.5 Å². The number of H-pyrrole nitrogens is 1. The van der Waals surface area contributed by atoms with E-state index < -0.39 is 5.97 Å². The summed E-state index contributed by atoms with van der Waals surface area (Å²) >= 11 is 11.8. The SMILES string of the molecule is CCCCc1nc(Cl)c(C(=O)Oc2ccc(-c3cc(=S)ss3)cc2)n1Cc1ccc(-c2ccccc2-c2nn[nH]n2)cc1. The van der Waals surface area contributed by atoms with Crippen LogP contribution in [0.1, 0.15) is 41.6 Å². The number of carbonyl (C=O) groups is 1. The second kappa shape index (κ2) is 13.1. The standard InChI is InChI=1S/C31H25ClN6O2S3/c1-2-3-8-26-33-29(32)28(31(39)40-22-15-13-21(14-16-22)25-17-27(41)43-42-25)38(26)18-19-9-11-20(12-10-19)23-6-4-5-7-24(23)30-34-36-37-35-30/h4-7,9-17H,2-3,8,18H2,1H3,(H,34,35,36,37). The van der Waals surface area contributed by atoms with Crippen LogP contribution in [-0.2, 0) is 13.0 Å². The number of aromatic amines is 1. The Morgan fingerprint density at radius 1 is 1.00 bits per heavy atom. The largest absolute Gasteiger partial charge is 0.422 e. The number of tetrazole rings is 1. The monoisotopic (exact) mass is 644 g/mol. The number of esters is 1. The van der Waals surface area contributed by atoms with Crippen molar-refractivity contribution in [3.63, 3.8) is 0 Å². The minimum atomic E-state index is -0.551. The van der Waals surface area contributed by atoms with Crippen LogP contribution in [0.5, 0.6) is 5.75 Å². The predicted molar refractivity (Wildman–Crippen MR) is 173 cm³/mol. The van der Waals surface area contributed by atoms with E-state index in [0.29, 0.717) is 24.5 Å². The van der Waals surface area contributed by atoms with Crippen molar-refractivity contribution in [2.45, 2.75) is 32.7 Å². The van der Waals surface area contributed by atoms with E-state index in [9.17, 15) is 4.79 Å². The number of benzene rings is 3. The minimum Gasteiger partial charge on any atom is -0.422 e. The summed E-state index contributed by atoms with van der Waals surface area (Å²) in [5.74, 6) is 1.16. The fourth-order valence-corrected chi connectivity index (χ4v) is 7.43. The highest BCUT2D eigenvalue weighted by molar-refractivity contribution is 7.80. The molecule has 0 radical (unpaired) electrons. The van der Waals surface area contributed by atoms with Crippen LogP contribution in [0.15, 0.2) is 78.9 Å². The number of hydrogen-bond donors (Lipinski definition) is 1. The first kappa shape index (κ1) is 29.1. The maximum Gasteiger partial charge on any atom is 0.363 e. The summed E-state index contributed by atoms with van der Waals surface area (Å²) in [7, 11) is 3.18. The molecule has 8 nitrogen and oxygen atoms in total. The Labute approximate surface area is 265 Å². The van der Waals surface area contributed by atoms with Crippen molar-refractivity contribution in [3.8, 4) is 38.7 Å². The molecule has 3 heterocycles. The Hall–Kier alpha value is -4.03. The van der Waals surface area contributed by atoms with Crippen molar-refractivity contribution >= 4 is 50.5 Å². The summed E-state index contributed by atoms with van der Waals surface area (Å²) in [6, 6.07) is 25.4. The number of rotatable bonds is 10. The number of aryl methyl sites for hydroxylation is 1. The highest BCUT2D eigenvalue weighted by Gasteiger charge is 2.24. The molecule has 3 aromatic carbocycles. The highest BCUT2D eigenvalue weighted by atomic mass is 35.5. The van der Waals surface area contributed by atoms with Gasteiger partial charge in [-0.05, 0) is 64.2 Å². The molecule has 0 spiro atoms. The first-order chi connectivity index (χ1) is 21.0. The molecule has 0 unspecified atom stereocenters. The van der Waals surface area contributed by atoms with Crippen molar-refractivity contribution in [3.05, 3.63) is 105 Å². The number of halogens is 1. The number of ether oxygens (including phenoxy) is 1. The quantitative estimate of drug-likeness (QED) is 0.0691. The second-order valence-corrected chi connectivity index (χ2v) is 13.0. The summed E-state index contributed by atoms with van der Waals surface area (Å²) in [6.07, 6.45) is 2.61. The maximum absolute atomic E-state index is 13.5. The molecule has 0 aliphatic heterocycles. The molecule has 12 heteroatoms. The van der Waals surface area contributed by atoms with Crippen LogP contribution in [-0.4, -0.2) is 36.1 Å². The molecule has 0 aliphatic carbocycles. The predicted octanol–water partition coefficient (Wildman–Crippen LogP) is 8.51. The van der Waals surface area contributed by atoms with Crippen molar-refractivity contribution in [2.24, 2.45) is 0 Å². The van der Waals surface area contributed by atoms with Crippen LogP contribution in [0.3, 0.4) is 0 Å². The molecule has 216 valence electrons. The average Bonchev–Trinajstić information content (AvgIpc) is 3.78. The van der Waals surface area contributed by atoms with Gasteiger partial charge >= 0.3 is 5.97 Å². The van der Waals surface area contributed by atoms with E-state index in [-0.39, 0.29) is 10.8 Å². The number of nitrogens with zero attached hydrogens (tertiary/aromatic N) is 5. The van der Waals surface area contributed by atoms with Gasteiger partial charge in [-0.2, -0.15) is 5.21 Å². The Morgan fingerprint density at radius 2 is 1.74 bits per heavy atom. The van der Waals surface area contributed by atoms with Gasteiger partial charge in [-0.3, -0.25) is 0 Å². The lowest BCUT2D eigenvalue weighted by atomic mass is 9.98. The van der Waals surface area contributed by atoms with Gasteiger partial charge in [0.05, 0.1) is 0 Å². The van der Waals surface area contributed by atoms with E-state index in [2.05, 4.69) is 32.5 Å². The van der Waals surface area contributed by atoms with E-state index in [4.69, 9.17) is 28.6 Å². The molecule has 43 heavy (non-hydrogen) atoms. The minimum absolute atomic E-state index is 0.136. The number of carbonyl (C=O) groups excluding carboxylic acids is 1. The van der Waals surface area contributed by atoms with E-state index in [1.807, 2.05) is 71.3 Å². The normalized spacial score (nSPS) is 11.1. The van der Waals surface area contributed by atoms with Gasteiger partial charge in [0.25, 0.3) is 0 Å². The fourth-order valence-electron chi connectivity index (χ4n) is 4.75. The molecule has 3 aromatic heterocycles. The third-order valence-electron chi connectivity index (χ3n) is 6.88. The third kappa shape index (κ3) is 6.50. The van der Waals surface area contributed by atoms with Crippen LogP contribution in [0.2, 0.25) is 5.15 Å². The topological polar surface area (TPSA) is 98.6 Å². The first-order valence-electron chi connectivity index (χ1n) is 13.6. The van der Waals surface area contributed by atoms with Crippen molar-refractivity contribution in [1.82, 2.24) is 30.2 Å². The average molecular weight is 645 g/mol. The number of hydrogen-bond acceptors (Lipinski definition) is 9. The second-order valence-electron chi connectivity index (χ2n) is 9.74. The highest BCUT2D eigenvalue weighted by Crippen LogP contribution is 2.32. The van der Waals surface area contributed by atoms with E-state index in [1.165, 1.54) is 0 Å². The van der Waals surface area contributed by atoms with Gasteiger partial charge < -0.3 is 9.30 Å². The summed E-state index contributed by atoms with van der Waals surface area (Å²) < 4.78 is 8.50. The lowest BCUT2D eigenvalue weighted by Crippen LogP contribution is -2.17. The van der Waals surface area contributed by atoms with Crippen molar-refractivity contribution in [2.75, 3.05) is 0 Å². The molecule has 0 fully saturated rings. The van der Waals surface area contributed by atoms with Crippen LogP contribution in [0.25, 0.3) is 33.0 Å². The molecule has 1 N–H and O–H groups in total. The van der Waals surface area contributed by atoms with E-state index in [1.54, 1.807) is 32.8 Å². The van der Waals surface area contributed by atoms with Crippen LogP contribution in [0, 0.1) is 3.82 Å². The summed E-state index contributed by atoms with van der Waals surface area (Å²) in [5.41, 5.74) is 5.12. The molecule has 6 aromatic rings. The van der Waals surface area contributed by atoms with Crippen LogP contribution in [0.4, 0.5) is 0 Å². The smallest absolute Gasteiger partial charge is 0.363 e. The van der Waals surface area contributed by atoms with E-state index >= 15 is 0 Å². The molecule has 6 rings (SSSR count). The Balaban J connectivity index is 1.26. The molecule has 0 aliphatic rings. The molecule has 0 saturated heterocycles. The Bertz CT molecular complexity index is 1910. The van der Waals surface area contributed by atoms with Crippen molar-refractivity contribution in [1.29, 1.82) is 0 Å². The fraction of sp³-hybridized carbons (Fsp3) is 0.161. The summed E-state index contributed by atoms with van der Waals surface area (Å²) in [5, 5.41) is 14.6. The van der Waals surface area contributed by atoms with Gasteiger partial charge in [-0.15, -0.1) is 10.2 Å². The molecule has 0 atom stereocenters. The zero-order valence-electron chi connectivity index (χ0n) is 23.0. The Morgan fingerprint density at radius 3 is 2.42 bits per heavy atom. The van der Waals surface area contributed by atoms with E-state index in [0.717, 1.165) is 55.2 Å². The van der Waals surface area contributed by atoms with Crippen molar-refractivity contribution < 1.29 is 9.53 Å². The first-order valence-corrected chi connectivity index (χ1v) is 16.5. The lowest BCUT2D eigenvalue weighted by Gasteiger charge is -2.13. The summed E-state index contributed by atoms with van der Waals surface area (Å²) in [6.45, 7) is 2.53. The zero-order valence-corrected chi connectivity index (χ0v) is 26.2. The van der Waals surface area contributed by atoms with Gasteiger partial charge in [0.1, 0.15) is 15.4 Å². The third-order valence-corrected chi connectivity index (χ3v) is 10.1. The molecular formula is C31H25ClN6O2S3. The maximum atomic E-state index is 13.5. The number of nitrogens with one attached hydrogen (secondary N) is 1. The van der Waals surface area contributed by atoms with Gasteiger partial charge in [-0.25, -0.2) is 9.78 Å². The Kier molecular flexibility index (Phi) is 8.85. The number of aromatic nitrogens is 6. The molecule has 0 saturated carbocycles. The lowest BCUT2D eigenvalue weighted by molar-refractivity contribution is 0.0723. The molecule has 0 bridgehead atoms.